The SMILES string of the molecule is CCN(CCCl)c1ccc2c(n1)CCC2. The Labute approximate surface area is 96.3 Å². The van der Waals surface area contributed by atoms with Gasteiger partial charge in [0.15, 0.2) is 0 Å². The third kappa shape index (κ3) is 2.25. The first-order valence-corrected chi connectivity index (χ1v) is 6.18. The molecule has 0 unspecified atom stereocenters. The van der Waals surface area contributed by atoms with Crippen molar-refractivity contribution < 1.29 is 0 Å². The second kappa shape index (κ2) is 4.84. The minimum Gasteiger partial charge on any atom is -0.356 e. The number of nitrogens with zero attached hydrogens (tertiary/aromatic N) is 2. The van der Waals surface area contributed by atoms with Crippen LogP contribution in [0.25, 0.3) is 0 Å². The second-order valence-corrected chi connectivity index (χ2v) is 4.28. The number of pyridine rings is 1. The van der Waals surface area contributed by atoms with Gasteiger partial charge < -0.3 is 4.90 Å². The number of halogens is 1. The monoisotopic (exact) mass is 224 g/mol. The third-order valence-electron chi connectivity index (χ3n) is 2.97. The summed E-state index contributed by atoms with van der Waals surface area (Å²) in [6.07, 6.45) is 3.60. The Morgan fingerprint density at radius 3 is 3.00 bits per heavy atom. The van der Waals surface area contributed by atoms with Gasteiger partial charge in [-0.15, -0.1) is 11.6 Å². The van der Waals surface area contributed by atoms with Gasteiger partial charge in [-0.2, -0.15) is 0 Å². The van der Waals surface area contributed by atoms with Crippen LogP contribution in [0.15, 0.2) is 12.1 Å². The molecule has 1 aliphatic rings. The zero-order valence-electron chi connectivity index (χ0n) is 9.17. The van der Waals surface area contributed by atoms with E-state index in [0.29, 0.717) is 5.88 Å². The van der Waals surface area contributed by atoms with Crippen LogP contribution in [-0.2, 0) is 12.8 Å². The van der Waals surface area contributed by atoms with Crippen molar-refractivity contribution in [2.24, 2.45) is 0 Å². The molecule has 0 spiro atoms. The predicted octanol–water partition coefficient (Wildman–Crippen LogP) is 2.64. The smallest absolute Gasteiger partial charge is 0.128 e. The van der Waals surface area contributed by atoms with Crippen LogP contribution in [0.5, 0.6) is 0 Å². The zero-order valence-corrected chi connectivity index (χ0v) is 9.93. The molecule has 2 nitrogen and oxygen atoms in total. The topological polar surface area (TPSA) is 16.1 Å². The van der Waals surface area contributed by atoms with E-state index in [-0.39, 0.29) is 0 Å². The zero-order chi connectivity index (χ0) is 10.7. The molecule has 0 amide bonds. The Balaban J connectivity index is 2.20. The fraction of sp³-hybridized carbons (Fsp3) is 0.583. The molecule has 2 rings (SSSR count). The van der Waals surface area contributed by atoms with E-state index in [4.69, 9.17) is 16.6 Å². The van der Waals surface area contributed by atoms with Gasteiger partial charge in [0.2, 0.25) is 0 Å². The van der Waals surface area contributed by atoms with Crippen LogP contribution in [0.4, 0.5) is 5.82 Å². The summed E-state index contributed by atoms with van der Waals surface area (Å²) in [5.41, 5.74) is 2.72. The van der Waals surface area contributed by atoms with Crippen LogP contribution >= 0.6 is 11.6 Å². The highest BCUT2D eigenvalue weighted by atomic mass is 35.5. The van der Waals surface area contributed by atoms with Crippen molar-refractivity contribution in [3.63, 3.8) is 0 Å². The van der Waals surface area contributed by atoms with Crippen LogP contribution in [0.2, 0.25) is 0 Å². The van der Waals surface area contributed by atoms with E-state index in [2.05, 4.69) is 24.0 Å². The summed E-state index contributed by atoms with van der Waals surface area (Å²) in [4.78, 5) is 6.94. The quantitative estimate of drug-likeness (QED) is 0.731. The normalized spacial score (nSPS) is 14.0. The number of rotatable bonds is 4. The molecule has 0 radical (unpaired) electrons. The molecule has 3 heteroatoms. The predicted molar refractivity (Wildman–Crippen MR) is 64.9 cm³/mol. The molecule has 0 atom stereocenters. The third-order valence-corrected chi connectivity index (χ3v) is 3.14. The van der Waals surface area contributed by atoms with Gasteiger partial charge in [0.25, 0.3) is 0 Å². The van der Waals surface area contributed by atoms with Crippen molar-refractivity contribution in [2.45, 2.75) is 26.2 Å². The molecule has 1 aliphatic carbocycles. The summed E-state index contributed by atoms with van der Waals surface area (Å²) in [6.45, 7) is 3.99. The van der Waals surface area contributed by atoms with Gasteiger partial charge in [0.05, 0.1) is 0 Å². The van der Waals surface area contributed by atoms with Crippen LogP contribution < -0.4 is 4.90 Å². The van der Waals surface area contributed by atoms with Gasteiger partial charge in [-0.05, 0) is 37.8 Å². The Bertz CT molecular complexity index is 338. The van der Waals surface area contributed by atoms with Crippen molar-refractivity contribution >= 4 is 17.4 Å². The van der Waals surface area contributed by atoms with Gasteiger partial charge >= 0.3 is 0 Å². The van der Waals surface area contributed by atoms with Crippen molar-refractivity contribution in [1.82, 2.24) is 4.98 Å². The van der Waals surface area contributed by atoms with Gasteiger partial charge in [0.1, 0.15) is 5.82 Å². The van der Waals surface area contributed by atoms with E-state index in [1.165, 1.54) is 24.1 Å². The van der Waals surface area contributed by atoms with Gasteiger partial charge in [0, 0.05) is 24.7 Å². The minimum absolute atomic E-state index is 0.659. The van der Waals surface area contributed by atoms with Crippen LogP contribution in [-0.4, -0.2) is 24.0 Å². The molecule has 0 aliphatic heterocycles. The number of fused-ring (bicyclic) bond motifs is 1. The number of aryl methyl sites for hydroxylation is 2. The van der Waals surface area contributed by atoms with Gasteiger partial charge in [-0.25, -0.2) is 4.98 Å². The van der Waals surface area contributed by atoms with E-state index in [1.54, 1.807) is 0 Å². The maximum absolute atomic E-state index is 5.77. The summed E-state index contributed by atoms with van der Waals surface area (Å²) < 4.78 is 0. The Kier molecular flexibility index (Phi) is 3.47. The lowest BCUT2D eigenvalue weighted by atomic mass is 10.2. The number of anilines is 1. The Morgan fingerprint density at radius 1 is 1.40 bits per heavy atom. The van der Waals surface area contributed by atoms with Crippen LogP contribution in [0.1, 0.15) is 24.6 Å². The first-order chi connectivity index (χ1) is 7.35. The number of alkyl halides is 1. The van der Waals surface area contributed by atoms with Gasteiger partial charge in [-0.3, -0.25) is 0 Å². The average molecular weight is 225 g/mol. The summed E-state index contributed by atoms with van der Waals surface area (Å²) >= 11 is 5.77. The molecule has 0 N–H and O–H groups in total. The molecule has 1 aromatic rings. The second-order valence-electron chi connectivity index (χ2n) is 3.90. The van der Waals surface area contributed by atoms with E-state index in [9.17, 15) is 0 Å². The van der Waals surface area contributed by atoms with Crippen LogP contribution in [0, 0.1) is 0 Å². The average Bonchev–Trinajstić information content (AvgIpc) is 2.72. The number of hydrogen-bond donors (Lipinski definition) is 0. The maximum atomic E-state index is 5.77. The molecule has 0 bridgehead atoms. The minimum atomic E-state index is 0.659. The molecule has 15 heavy (non-hydrogen) atoms. The fourth-order valence-corrected chi connectivity index (χ4v) is 2.33. The first kappa shape index (κ1) is 10.7. The molecule has 1 heterocycles. The highest BCUT2D eigenvalue weighted by molar-refractivity contribution is 6.18. The van der Waals surface area contributed by atoms with E-state index in [1.807, 2.05) is 0 Å². The summed E-state index contributed by atoms with van der Waals surface area (Å²) in [6, 6.07) is 4.35. The lowest BCUT2D eigenvalue weighted by molar-refractivity contribution is 0.838. The molecule has 82 valence electrons. The molecule has 0 saturated carbocycles. The Morgan fingerprint density at radius 2 is 2.27 bits per heavy atom. The fourth-order valence-electron chi connectivity index (χ4n) is 2.12. The number of aromatic nitrogens is 1. The molecular weight excluding hydrogens is 208 g/mol. The van der Waals surface area contributed by atoms with E-state index in [0.717, 1.165) is 25.3 Å². The molecule has 0 fully saturated rings. The first-order valence-electron chi connectivity index (χ1n) is 5.65. The van der Waals surface area contributed by atoms with E-state index >= 15 is 0 Å². The maximum Gasteiger partial charge on any atom is 0.128 e. The van der Waals surface area contributed by atoms with E-state index < -0.39 is 0 Å². The van der Waals surface area contributed by atoms with Crippen molar-refractivity contribution in [3.05, 3.63) is 23.4 Å². The number of hydrogen-bond acceptors (Lipinski definition) is 2. The Hall–Kier alpha value is -0.760. The molecule has 0 saturated heterocycles. The highest BCUT2D eigenvalue weighted by Crippen LogP contribution is 2.23. The highest BCUT2D eigenvalue weighted by Gasteiger charge is 2.14. The molecule has 0 aromatic carbocycles. The summed E-state index contributed by atoms with van der Waals surface area (Å²) in [5, 5.41) is 0. The standard InChI is InChI=1S/C12H17ClN2/c1-2-15(9-8-13)12-7-6-10-4-3-5-11(10)14-12/h6-7H,2-5,8-9H2,1H3. The summed E-state index contributed by atoms with van der Waals surface area (Å²) in [7, 11) is 0. The largest absolute Gasteiger partial charge is 0.356 e. The lowest BCUT2D eigenvalue weighted by Crippen LogP contribution is -2.26. The van der Waals surface area contributed by atoms with Crippen molar-refractivity contribution in [3.8, 4) is 0 Å². The summed E-state index contributed by atoms with van der Waals surface area (Å²) in [5.74, 6) is 1.74. The van der Waals surface area contributed by atoms with Crippen molar-refractivity contribution in [1.29, 1.82) is 0 Å². The lowest BCUT2D eigenvalue weighted by Gasteiger charge is -2.21. The molecule has 1 aromatic heterocycles. The van der Waals surface area contributed by atoms with Gasteiger partial charge in [-0.1, -0.05) is 6.07 Å². The van der Waals surface area contributed by atoms with Crippen molar-refractivity contribution in [2.75, 3.05) is 23.9 Å². The molecular formula is C12H17ClN2. The van der Waals surface area contributed by atoms with Crippen LogP contribution in [0.3, 0.4) is 0 Å².